The Morgan fingerprint density at radius 3 is 2.00 bits per heavy atom. The van der Waals surface area contributed by atoms with Gasteiger partial charge in [0, 0.05) is 0 Å². The minimum absolute atomic E-state index is 0.0591. The van der Waals surface area contributed by atoms with Gasteiger partial charge in [-0.25, -0.2) is 4.79 Å². The summed E-state index contributed by atoms with van der Waals surface area (Å²) in [5, 5.41) is 34.2. The molecule has 4 atom stereocenters. The molecule has 0 aliphatic heterocycles. The summed E-state index contributed by atoms with van der Waals surface area (Å²) in [5.41, 5.74) is 11.4. The third-order valence-electron chi connectivity index (χ3n) is 4.32. The molecule has 0 aromatic heterocycles. The van der Waals surface area contributed by atoms with Crippen LogP contribution in [0.15, 0.2) is 24.3 Å². The lowest BCUT2D eigenvalue weighted by molar-refractivity contribution is -0.144. The van der Waals surface area contributed by atoms with E-state index in [-0.39, 0.29) is 12.2 Å². The predicted octanol–water partition coefficient (Wildman–Crippen LogP) is -3.31. The van der Waals surface area contributed by atoms with E-state index in [2.05, 4.69) is 10.6 Å². The molecule has 13 heteroatoms. The van der Waals surface area contributed by atoms with Crippen molar-refractivity contribution in [1.82, 2.24) is 16.0 Å². The topological polar surface area (TPSA) is 234 Å². The molecular weight excluding hydrogens is 426 g/mol. The third kappa shape index (κ3) is 8.57. The lowest BCUT2D eigenvalue weighted by Crippen LogP contribution is -2.57. The van der Waals surface area contributed by atoms with Crippen molar-refractivity contribution in [2.24, 2.45) is 11.5 Å². The average Bonchev–Trinajstić information content (AvgIpc) is 2.72. The summed E-state index contributed by atoms with van der Waals surface area (Å²) in [6.07, 6.45) is -0.545. The average molecular weight is 453 g/mol. The number of hydrogen-bond donors (Lipinski definition) is 8. The first kappa shape index (κ1) is 26.3. The van der Waals surface area contributed by atoms with Crippen molar-refractivity contribution in [2.45, 2.75) is 43.9 Å². The number of carbonyl (C=O) groups excluding carboxylic acids is 4. The normalized spacial score (nSPS) is 14.3. The number of nitrogens with two attached hydrogens (primary N) is 2. The Morgan fingerprint density at radius 2 is 1.50 bits per heavy atom. The number of hydrogen-bond acceptors (Lipinski definition) is 8. The second kappa shape index (κ2) is 12.2. The maximum Gasteiger partial charge on any atom is 0.326 e. The van der Waals surface area contributed by atoms with Gasteiger partial charge in [0.15, 0.2) is 0 Å². The van der Waals surface area contributed by atoms with E-state index in [1.807, 2.05) is 5.32 Å². The minimum atomic E-state index is -1.64. The van der Waals surface area contributed by atoms with Gasteiger partial charge in [-0.05, 0) is 31.0 Å². The summed E-state index contributed by atoms with van der Waals surface area (Å²) >= 11 is 0. The Labute approximate surface area is 183 Å². The molecule has 13 nitrogen and oxygen atoms in total. The fourth-order valence-electron chi connectivity index (χ4n) is 2.53. The molecule has 0 bridgehead atoms. The van der Waals surface area contributed by atoms with Crippen LogP contribution in [0, 0.1) is 0 Å². The van der Waals surface area contributed by atoms with Gasteiger partial charge in [-0.3, -0.25) is 19.2 Å². The zero-order valence-corrected chi connectivity index (χ0v) is 17.3. The number of aliphatic hydroxyl groups excluding tert-OH is 1. The Morgan fingerprint density at radius 1 is 0.938 bits per heavy atom. The van der Waals surface area contributed by atoms with Gasteiger partial charge < -0.3 is 42.7 Å². The summed E-state index contributed by atoms with van der Waals surface area (Å²) < 4.78 is 0. The van der Waals surface area contributed by atoms with Gasteiger partial charge in [0.1, 0.15) is 23.9 Å². The summed E-state index contributed by atoms with van der Waals surface area (Å²) in [6.45, 7) is 0.446. The summed E-state index contributed by atoms with van der Waals surface area (Å²) in [7, 11) is 0. The van der Waals surface area contributed by atoms with Crippen LogP contribution in [0.2, 0.25) is 0 Å². The molecule has 1 aromatic rings. The molecule has 4 amide bonds. The molecule has 0 aliphatic carbocycles. The predicted molar refractivity (Wildman–Crippen MR) is 110 cm³/mol. The third-order valence-corrected chi connectivity index (χ3v) is 4.32. The van der Waals surface area contributed by atoms with Crippen LogP contribution in [0.4, 0.5) is 0 Å². The number of rotatable bonds is 12. The van der Waals surface area contributed by atoms with E-state index in [0.29, 0.717) is 5.56 Å². The number of benzene rings is 1. The number of primary amides is 1. The van der Waals surface area contributed by atoms with Gasteiger partial charge in [0.25, 0.3) is 0 Å². The van der Waals surface area contributed by atoms with Gasteiger partial charge in [-0.15, -0.1) is 0 Å². The highest BCUT2D eigenvalue weighted by Crippen LogP contribution is 2.11. The van der Waals surface area contributed by atoms with Gasteiger partial charge >= 0.3 is 5.97 Å². The number of amides is 4. The van der Waals surface area contributed by atoms with Gasteiger partial charge in [0.2, 0.25) is 23.6 Å². The fourth-order valence-corrected chi connectivity index (χ4v) is 2.53. The monoisotopic (exact) mass is 453 g/mol. The van der Waals surface area contributed by atoms with Gasteiger partial charge in [0.05, 0.1) is 19.1 Å². The lowest BCUT2D eigenvalue weighted by Gasteiger charge is -2.22. The number of nitrogens with one attached hydrogen (secondary N) is 3. The summed E-state index contributed by atoms with van der Waals surface area (Å²) in [6, 6.07) is 0.733. The maximum absolute atomic E-state index is 12.3. The van der Waals surface area contributed by atoms with E-state index in [0.717, 1.165) is 0 Å². The fraction of sp³-hybridized carbons (Fsp3) is 0.421. The molecule has 176 valence electrons. The SMILES string of the molecule is CC(NC(=O)C(N)Cc1ccc(O)cc1)C(=O)NC(CO)C(=O)NC(CC(N)=O)C(=O)O. The second-order valence-electron chi connectivity index (χ2n) is 7.02. The Hall–Kier alpha value is -3.71. The number of aliphatic hydroxyl groups is 1. The maximum atomic E-state index is 12.3. The zero-order valence-electron chi connectivity index (χ0n) is 17.3. The molecule has 0 spiro atoms. The van der Waals surface area contributed by atoms with Crippen LogP contribution in [-0.4, -0.2) is 75.7 Å². The van der Waals surface area contributed by atoms with E-state index in [4.69, 9.17) is 16.6 Å². The van der Waals surface area contributed by atoms with Gasteiger partial charge in [-0.1, -0.05) is 12.1 Å². The molecule has 10 N–H and O–H groups in total. The number of aromatic hydroxyl groups is 1. The van der Waals surface area contributed by atoms with E-state index in [9.17, 15) is 34.2 Å². The van der Waals surface area contributed by atoms with E-state index >= 15 is 0 Å². The van der Waals surface area contributed by atoms with Crippen molar-refractivity contribution >= 4 is 29.6 Å². The zero-order chi connectivity index (χ0) is 24.4. The first-order valence-electron chi connectivity index (χ1n) is 9.51. The van der Waals surface area contributed by atoms with Gasteiger partial charge in [-0.2, -0.15) is 0 Å². The number of carboxylic acid groups (broad SMARTS) is 1. The number of carboxylic acids is 1. The smallest absolute Gasteiger partial charge is 0.326 e. The van der Waals surface area contributed by atoms with Crippen LogP contribution in [0.25, 0.3) is 0 Å². The summed E-state index contributed by atoms with van der Waals surface area (Å²) in [4.78, 5) is 58.7. The van der Waals surface area contributed by atoms with Crippen LogP contribution in [0.5, 0.6) is 5.75 Å². The lowest BCUT2D eigenvalue weighted by atomic mass is 10.1. The van der Waals surface area contributed by atoms with Crippen molar-refractivity contribution in [2.75, 3.05) is 6.61 Å². The second-order valence-corrected chi connectivity index (χ2v) is 7.02. The van der Waals surface area contributed by atoms with Crippen molar-refractivity contribution < 1.29 is 39.3 Å². The van der Waals surface area contributed by atoms with Crippen molar-refractivity contribution in [3.8, 4) is 5.75 Å². The van der Waals surface area contributed by atoms with Crippen LogP contribution < -0.4 is 27.4 Å². The molecule has 1 rings (SSSR count). The molecule has 0 saturated carbocycles. The molecule has 0 saturated heterocycles. The van der Waals surface area contributed by atoms with E-state index in [1.54, 1.807) is 12.1 Å². The molecular formula is C19H27N5O8. The van der Waals surface area contributed by atoms with Crippen molar-refractivity contribution in [1.29, 1.82) is 0 Å². The van der Waals surface area contributed by atoms with E-state index < -0.39 is 66.8 Å². The number of phenolic OH excluding ortho intramolecular Hbond substituents is 1. The number of aliphatic carboxylic acids is 1. The highest BCUT2D eigenvalue weighted by Gasteiger charge is 2.29. The van der Waals surface area contributed by atoms with Crippen LogP contribution in [0.1, 0.15) is 18.9 Å². The van der Waals surface area contributed by atoms with Crippen LogP contribution in [0.3, 0.4) is 0 Å². The minimum Gasteiger partial charge on any atom is -0.508 e. The Kier molecular flexibility index (Phi) is 10.1. The number of carbonyl (C=O) groups is 5. The van der Waals surface area contributed by atoms with E-state index in [1.165, 1.54) is 19.1 Å². The van der Waals surface area contributed by atoms with Crippen LogP contribution >= 0.6 is 0 Å². The standard InChI is InChI=1S/C19H27N5O8/c1-9(22-17(29)12(20)6-10-2-4-11(26)5-3-10)16(28)24-14(8-25)18(30)23-13(19(31)32)7-15(21)27/h2-5,9,12-14,25-26H,6-8,20H2,1H3,(H2,21,27)(H,22,29)(H,23,30)(H,24,28)(H,31,32). The highest BCUT2D eigenvalue weighted by atomic mass is 16.4. The number of phenols is 1. The van der Waals surface area contributed by atoms with Crippen LogP contribution in [-0.2, 0) is 30.4 Å². The molecule has 0 aliphatic rings. The Bertz CT molecular complexity index is 845. The summed E-state index contributed by atoms with van der Waals surface area (Å²) in [5.74, 6) is -4.99. The van der Waals surface area contributed by atoms with Crippen molar-refractivity contribution in [3.05, 3.63) is 29.8 Å². The molecule has 0 heterocycles. The largest absolute Gasteiger partial charge is 0.508 e. The molecule has 32 heavy (non-hydrogen) atoms. The molecule has 0 radical (unpaired) electrons. The molecule has 1 aromatic carbocycles. The highest BCUT2D eigenvalue weighted by molar-refractivity contribution is 5.94. The van der Waals surface area contributed by atoms with Crippen molar-refractivity contribution in [3.63, 3.8) is 0 Å². The first-order valence-corrected chi connectivity index (χ1v) is 9.51. The Balaban J connectivity index is 2.64. The first-order chi connectivity index (χ1) is 14.9. The molecule has 4 unspecified atom stereocenters. The molecule has 0 fully saturated rings. The quantitative estimate of drug-likeness (QED) is 0.158.